The van der Waals surface area contributed by atoms with Crippen LogP contribution in [0.15, 0.2) is 42.1 Å². The maximum Gasteiger partial charge on any atom is 0.238 e. The van der Waals surface area contributed by atoms with Crippen molar-refractivity contribution < 1.29 is 18.3 Å². The van der Waals surface area contributed by atoms with Crippen molar-refractivity contribution in [3.8, 4) is 0 Å². The summed E-state index contributed by atoms with van der Waals surface area (Å²) in [4.78, 5) is 22.3. The van der Waals surface area contributed by atoms with Crippen molar-refractivity contribution >= 4 is 55.8 Å². The number of rotatable bonds is 6. The molecule has 1 fully saturated rings. The van der Waals surface area contributed by atoms with Gasteiger partial charge in [0.05, 0.1) is 30.1 Å². The van der Waals surface area contributed by atoms with Gasteiger partial charge in [0.1, 0.15) is 0 Å². The number of nitrogens with zero attached hydrogens (tertiary/aromatic N) is 3. The van der Waals surface area contributed by atoms with Gasteiger partial charge in [0, 0.05) is 45.8 Å². The molecule has 0 saturated carbocycles. The molecule has 4 heterocycles. The third-order valence-electron chi connectivity index (χ3n) is 4.87. The summed E-state index contributed by atoms with van der Waals surface area (Å²) in [5, 5.41) is 11.8. The number of hydrogen-bond acceptors (Lipinski definition) is 6. The minimum absolute atomic E-state index is 0.0158. The highest BCUT2D eigenvalue weighted by Gasteiger charge is 2.37. The molecule has 3 aromatic heterocycles. The van der Waals surface area contributed by atoms with Crippen molar-refractivity contribution in [2.45, 2.75) is 12.6 Å². The number of nitrogens with one attached hydrogen (secondary N) is 1. The molecule has 1 aliphatic heterocycles. The number of aromatic amines is 1. The first-order chi connectivity index (χ1) is 14.4. The molecule has 3 aromatic rings. The molecule has 2 N–H and O–H groups in total. The van der Waals surface area contributed by atoms with E-state index in [1.54, 1.807) is 24.5 Å². The lowest BCUT2D eigenvalue weighted by Crippen LogP contribution is -2.58. The summed E-state index contributed by atoms with van der Waals surface area (Å²) < 4.78 is 27.1. The highest BCUT2D eigenvalue weighted by atomic mass is 35.5. The first kappa shape index (κ1) is 21.0. The smallest absolute Gasteiger partial charge is 0.238 e. The Morgan fingerprint density at radius 1 is 1.37 bits per heavy atom. The second-order valence-corrected chi connectivity index (χ2v) is 10.5. The summed E-state index contributed by atoms with van der Waals surface area (Å²) in [5.74, 6) is -0.367. The third kappa shape index (κ3) is 4.42. The summed E-state index contributed by atoms with van der Waals surface area (Å²) in [6.45, 7) is -0.363. The number of hydrogen-bond donors (Lipinski definition) is 2. The van der Waals surface area contributed by atoms with Crippen LogP contribution in [0.2, 0.25) is 4.34 Å². The number of fused-ring (bicyclic) bond motifs is 1. The van der Waals surface area contributed by atoms with Crippen LogP contribution >= 0.6 is 22.9 Å². The molecule has 158 valence electrons. The van der Waals surface area contributed by atoms with Crippen LogP contribution in [0.25, 0.3) is 17.0 Å². The van der Waals surface area contributed by atoms with Crippen LogP contribution in [0.3, 0.4) is 0 Å². The first-order valence-corrected chi connectivity index (χ1v) is 11.8. The predicted octanol–water partition coefficient (Wildman–Crippen LogP) is 2.28. The van der Waals surface area contributed by atoms with Crippen LogP contribution in [0, 0.1) is 0 Å². The van der Waals surface area contributed by atoms with E-state index in [1.807, 2.05) is 12.1 Å². The Balaban J connectivity index is 1.50. The van der Waals surface area contributed by atoms with Crippen LogP contribution in [-0.2, 0) is 21.4 Å². The molecule has 30 heavy (non-hydrogen) atoms. The highest BCUT2D eigenvalue weighted by Crippen LogP contribution is 2.24. The fraction of sp³-hybridized carbons (Fsp3) is 0.263. The van der Waals surface area contributed by atoms with Gasteiger partial charge in [-0.05, 0) is 30.3 Å². The van der Waals surface area contributed by atoms with E-state index in [9.17, 15) is 18.3 Å². The van der Waals surface area contributed by atoms with Crippen molar-refractivity contribution in [3.63, 3.8) is 0 Å². The quantitative estimate of drug-likeness (QED) is 0.579. The number of amides is 1. The summed E-state index contributed by atoms with van der Waals surface area (Å²) in [7, 11) is -3.82. The van der Waals surface area contributed by atoms with Gasteiger partial charge in [0.15, 0.2) is 0 Å². The normalized spacial score (nSPS) is 18.7. The first-order valence-electron chi connectivity index (χ1n) is 9.11. The highest BCUT2D eigenvalue weighted by molar-refractivity contribution is 7.92. The summed E-state index contributed by atoms with van der Waals surface area (Å²) >= 11 is 7.12. The van der Waals surface area contributed by atoms with Gasteiger partial charge in [-0.25, -0.2) is 8.42 Å². The molecule has 0 spiro atoms. The van der Waals surface area contributed by atoms with Crippen molar-refractivity contribution in [3.05, 3.63) is 57.0 Å². The van der Waals surface area contributed by atoms with E-state index in [0.717, 1.165) is 26.3 Å². The molecule has 1 aliphatic rings. The molecule has 0 aliphatic carbocycles. The molecule has 0 bridgehead atoms. The zero-order valence-electron chi connectivity index (χ0n) is 15.7. The molecule has 1 amide bonds. The minimum atomic E-state index is -3.82. The minimum Gasteiger partial charge on any atom is -0.394 e. The topological polar surface area (TPSA) is 107 Å². The van der Waals surface area contributed by atoms with Crippen molar-refractivity contribution in [1.29, 1.82) is 0 Å². The van der Waals surface area contributed by atoms with E-state index >= 15 is 0 Å². The van der Waals surface area contributed by atoms with Crippen LogP contribution in [0.4, 0.5) is 0 Å². The van der Waals surface area contributed by atoms with E-state index in [0.29, 0.717) is 9.21 Å². The van der Waals surface area contributed by atoms with Gasteiger partial charge in [-0.2, -0.15) is 4.31 Å². The fourth-order valence-electron chi connectivity index (χ4n) is 3.37. The molecular weight excluding hydrogens is 448 g/mol. The largest absolute Gasteiger partial charge is 0.394 e. The number of thiophene rings is 1. The number of H-pyrrole nitrogens is 1. The van der Waals surface area contributed by atoms with Crippen LogP contribution in [0.1, 0.15) is 10.6 Å². The zero-order chi connectivity index (χ0) is 21.3. The number of aromatic nitrogens is 2. The Bertz CT molecular complexity index is 1170. The number of halogens is 1. The van der Waals surface area contributed by atoms with Gasteiger partial charge < -0.3 is 15.0 Å². The van der Waals surface area contributed by atoms with Gasteiger partial charge >= 0.3 is 0 Å². The van der Waals surface area contributed by atoms with E-state index in [-0.39, 0.29) is 32.1 Å². The molecule has 0 unspecified atom stereocenters. The number of piperazine rings is 1. The molecule has 4 rings (SSSR count). The predicted molar refractivity (Wildman–Crippen MR) is 116 cm³/mol. The Kier molecular flexibility index (Phi) is 5.94. The van der Waals surface area contributed by atoms with Crippen molar-refractivity contribution in [2.24, 2.45) is 0 Å². The zero-order valence-corrected chi connectivity index (χ0v) is 18.1. The maximum absolute atomic E-state index is 12.8. The second-order valence-electron chi connectivity index (χ2n) is 6.90. The number of pyridine rings is 1. The lowest BCUT2D eigenvalue weighted by atomic mass is 10.2. The molecule has 0 radical (unpaired) electrons. The van der Waals surface area contributed by atoms with Gasteiger partial charge in [-0.3, -0.25) is 9.78 Å². The number of carbonyl (C=O) groups excluding carboxylic acids is 1. The van der Waals surface area contributed by atoms with E-state index < -0.39 is 16.1 Å². The van der Waals surface area contributed by atoms with Crippen LogP contribution < -0.4 is 0 Å². The number of carbonyl (C=O) groups is 1. The van der Waals surface area contributed by atoms with E-state index in [2.05, 4.69) is 9.97 Å². The molecular formula is C19H19ClN4O4S2. The average molecular weight is 467 g/mol. The lowest BCUT2D eigenvalue weighted by Gasteiger charge is -2.39. The van der Waals surface area contributed by atoms with Crippen LogP contribution in [0.5, 0.6) is 0 Å². The molecule has 0 aromatic carbocycles. The van der Waals surface area contributed by atoms with Crippen molar-refractivity contribution in [1.82, 2.24) is 19.2 Å². The molecule has 8 nitrogen and oxygen atoms in total. The van der Waals surface area contributed by atoms with Gasteiger partial charge in [0.2, 0.25) is 15.9 Å². The van der Waals surface area contributed by atoms with E-state index in [4.69, 9.17) is 11.6 Å². The number of aliphatic hydroxyl groups is 1. The Hall–Kier alpha value is -2.24. The Morgan fingerprint density at radius 2 is 2.20 bits per heavy atom. The third-order valence-corrected chi connectivity index (χ3v) is 7.55. The SMILES string of the molecule is O=C1CN(S(=O)(=O)C=Cc2ccc(Cl)s2)C[C@H](CO)N1Cc1cc2cnccc2[nH]1. The van der Waals surface area contributed by atoms with Crippen LogP contribution in [-0.4, -0.2) is 64.3 Å². The number of sulfonamides is 1. The Morgan fingerprint density at radius 3 is 2.90 bits per heavy atom. The Labute approximate surface area is 182 Å². The monoisotopic (exact) mass is 466 g/mol. The lowest BCUT2D eigenvalue weighted by molar-refractivity contribution is -0.139. The second kappa shape index (κ2) is 8.48. The van der Waals surface area contributed by atoms with Gasteiger partial charge in [-0.1, -0.05) is 11.6 Å². The number of aliphatic hydroxyl groups excluding tert-OH is 1. The van der Waals surface area contributed by atoms with Gasteiger partial charge in [-0.15, -0.1) is 11.3 Å². The summed E-state index contributed by atoms with van der Waals surface area (Å²) in [6, 6.07) is 6.48. The van der Waals surface area contributed by atoms with Crippen molar-refractivity contribution in [2.75, 3.05) is 19.7 Å². The molecule has 1 saturated heterocycles. The average Bonchev–Trinajstić information content (AvgIpc) is 3.33. The summed E-state index contributed by atoms with van der Waals surface area (Å²) in [5.41, 5.74) is 1.68. The molecule has 11 heteroatoms. The standard InChI is InChI=1S/C19H19ClN4O4S2/c20-18-2-1-16(29-18)4-6-30(27,28)23-10-15(12-25)24(19(26)11-23)9-14-7-13-8-21-5-3-17(13)22-14/h1-8,15,22,25H,9-12H2/t15-/m1/s1. The molecule has 1 atom stereocenters. The van der Waals surface area contributed by atoms with E-state index in [1.165, 1.54) is 22.3 Å². The maximum atomic E-state index is 12.8. The summed E-state index contributed by atoms with van der Waals surface area (Å²) in [6.07, 6.45) is 4.85. The van der Waals surface area contributed by atoms with Gasteiger partial charge in [0.25, 0.3) is 0 Å². The fourth-order valence-corrected chi connectivity index (χ4v) is 5.58.